The minimum absolute atomic E-state index is 0.0118. The molecule has 9 nitrogen and oxygen atoms in total. The average molecular weight is 500 g/mol. The van der Waals surface area contributed by atoms with Gasteiger partial charge in [-0.3, -0.25) is 4.79 Å². The van der Waals surface area contributed by atoms with Gasteiger partial charge in [0.05, 0.1) is 0 Å². The summed E-state index contributed by atoms with van der Waals surface area (Å²) >= 11 is 0. The Kier molecular flexibility index (Phi) is 7.20. The minimum Gasteiger partial charge on any atom is -0.368 e. The molecule has 5 rings (SSSR count). The number of carbonyl (C=O) groups is 1. The lowest BCUT2D eigenvalue weighted by atomic mass is 10.1. The number of aromatic nitrogens is 4. The fourth-order valence-electron chi connectivity index (χ4n) is 4.90. The second-order valence-corrected chi connectivity index (χ2v) is 9.64. The molecule has 0 spiro atoms. The van der Waals surface area contributed by atoms with Gasteiger partial charge in [0.15, 0.2) is 5.82 Å². The van der Waals surface area contributed by atoms with Crippen molar-refractivity contribution in [3.8, 4) is 0 Å². The minimum atomic E-state index is -0.343. The molecule has 1 N–H and O–H groups in total. The fraction of sp³-hybridized carbons (Fsp3) is 0.357. The van der Waals surface area contributed by atoms with Crippen LogP contribution in [0.1, 0.15) is 24.5 Å². The van der Waals surface area contributed by atoms with Crippen LogP contribution in [0.3, 0.4) is 0 Å². The van der Waals surface area contributed by atoms with Gasteiger partial charge in [-0.1, -0.05) is 48.5 Å². The van der Waals surface area contributed by atoms with Crippen molar-refractivity contribution in [1.82, 2.24) is 24.5 Å². The van der Waals surface area contributed by atoms with Crippen molar-refractivity contribution in [2.75, 3.05) is 36.0 Å². The monoisotopic (exact) mass is 499 g/mol. The second kappa shape index (κ2) is 10.9. The number of amides is 1. The molecule has 0 saturated carbocycles. The zero-order chi connectivity index (χ0) is 25.8. The van der Waals surface area contributed by atoms with Crippen LogP contribution in [-0.4, -0.2) is 57.3 Å². The first-order valence-electron chi connectivity index (χ1n) is 12.8. The highest BCUT2D eigenvalue weighted by atomic mass is 16.2. The number of benzene rings is 2. The van der Waals surface area contributed by atoms with Gasteiger partial charge in [0.25, 0.3) is 0 Å². The molecule has 1 amide bonds. The summed E-state index contributed by atoms with van der Waals surface area (Å²) in [6.07, 6.45) is 4.92. The Bertz CT molecular complexity index is 1420. The van der Waals surface area contributed by atoms with Crippen molar-refractivity contribution in [2.24, 2.45) is 0 Å². The molecule has 0 aliphatic carbocycles. The average Bonchev–Trinajstić information content (AvgIpc) is 3.23. The van der Waals surface area contributed by atoms with E-state index in [1.165, 1.54) is 25.9 Å². The normalized spacial score (nSPS) is 14.6. The number of para-hydroxylation sites is 1. The third-order valence-electron chi connectivity index (χ3n) is 6.93. The molecule has 0 bridgehead atoms. The summed E-state index contributed by atoms with van der Waals surface area (Å²) in [5.41, 5.74) is 3.87. The van der Waals surface area contributed by atoms with Crippen LogP contribution in [0, 0.1) is 6.92 Å². The summed E-state index contributed by atoms with van der Waals surface area (Å²) in [5, 5.41) is 7.50. The Morgan fingerprint density at radius 1 is 1.00 bits per heavy atom. The maximum Gasteiger partial charge on any atom is 0.350 e. The van der Waals surface area contributed by atoms with E-state index in [9.17, 15) is 9.59 Å². The summed E-state index contributed by atoms with van der Waals surface area (Å²) in [6, 6.07) is 18.6. The van der Waals surface area contributed by atoms with Gasteiger partial charge < -0.3 is 15.1 Å². The summed E-state index contributed by atoms with van der Waals surface area (Å²) in [4.78, 5) is 34.8. The number of nitrogens with zero attached hydrogens (tertiary/aromatic N) is 6. The smallest absolute Gasteiger partial charge is 0.350 e. The van der Waals surface area contributed by atoms with Crippen molar-refractivity contribution in [3.05, 3.63) is 88.6 Å². The van der Waals surface area contributed by atoms with Crippen molar-refractivity contribution < 1.29 is 4.79 Å². The zero-order valence-electron chi connectivity index (χ0n) is 21.4. The van der Waals surface area contributed by atoms with Crippen LogP contribution in [0.2, 0.25) is 0 Å². The topological polar surface area (TPSA) is 87.8 Å². The standard InChI is InChI=1S/C28H33N7O2/c1-21-8-6-7-11-24(21)32-16-18-33(19-17-32)26-27-31-35(28(37)34(27)15-14-29-26)20-25(36)30-22(2)12-13-23-9-4-3-5-10-23/h3-11,14-15,22H,12-13,16-20H2,1-2H3,(H,30,36)/t22-/m0/s1. The fourth-order valence-corrected chi connectivity index (χ4v) is 4.90. The highest BCUT2D eigenvalue weighted by Crippen LogP contribution is 2.23. The molecule has 1 saturated heterocycles. The van der Waals surface area contributed by atoms with Crippen molar-refractivity contribution in [1.29, 1.82) is 0 Å². The van der Waals surface area contributed by atoms with E-state index in [1.807, 2.05) is 25.1 Å². The molecule has 1 atom stereocenters. The van der Waals surface area contributed by atoms with Crippen LogP contribution in [0.15, 0.2) is 71.8 Å². The largest absolute Gasteiger partial charge is 0.368 e. The Morgan fingerprint density at radius 3 is 2.46 bits per heavy atom. The van der Waals surface area contributed by atoms with E-state index >= 15 is 0 Å². The number of anilines is 2. The highest BCUT2D eigenvalue weighted by molar-refractivity contribution is 5.76. The first-order chi connectivity index (χ1) is 18.0. The quantitative estimate of drug-likeness (QED) is 0.401. The van der Waals surface area contributed by atoms with Crippen LogP contribution < -0.4 is 20.8 Å². The van der Waals surface area contributed by atoms with E-state index in [0.717, 1.165) is 39.0 Å². The van der Waals surface area contributed by atoms with E-state index in [4.69, 9.17) is 0 Å². The van der Waals surface area contributed by atoms with Gasteiger partial charge in [0, 0.05) is 50.3 Å². The lowest BCUT2D eigenvalue weighted by Crippen LogP contribution is -2.47. The Balaban J connectivity index is 1.24. The third kappa shape index (κ3) is 5.50. The van der Waals surface area contributed by atoms with E-state index < -0.39 is 0 Å². The van der Waals surface area contributed by atoms with Crippen molar-refractivity contribution in [3.63, 3.8) is 0 Å². The van der Waals surface area contributed by atoms with Crippen LogP contribution in [0.25, 0.3) is 5.65 Å². The number of aryl methyl sites for hydroxylation is 2. The van der Waals surface area contributed by atoms with E-state index in [1.54, 1.807) is 12.4 Å². The molecule has 1 fully saturated rings. The van der Waals surface area contributed by atoms with Crippen LogP contribution in [0.4, 0.5) is 11.5 Å². The molecule has 3 heterocycles. The SMILES string of the molecule is Cc1ccccc1N1CCN(c2nccn3c(=O)n(CC(=O)N[C@@H](C)CCc4ccccc4)nc23)CC1. The number of hydrogen-bond acceptors (Lipinski definition) is 6. The highest BCUT2D eigenvalue weighted by Gasteiger charge is 2.23. The Labute approximate surface area is 216 Å². The number of fused-ring (bicyclic) bond motifs is 1. The molecule has 4 aromatic rings. The number of rotatable bonds is 8. The second-order valence-electron chi connectivity index (χ2n) is 9.64. The van der Waals surface area contributed by atoms with Gasteiger partial charge in [-0.25, -0.2) is 18.9 Å². The van der Waals surface area contributed by atoms with E-state index in [0.29, 0.717) is 11.5 Å². The van der Waals surface area contributed by atoms with Crippen LogP contribution in [0.5, 0.6) is 0 Å². The van der Waals surface area contributed by atoms with Crippen LogP contribution in [-0.2, 0) is 17.8 Å². The molecule has 192 valence electrons. The number of carbonyl (C=O) groups excluding carboxylic acids is 1. The summed E-state index contributed by atoms with van der Waals surface area (Å²) < 4.78 is 2.70. The third-order valence-corrected chi connectivity index (χ3v) is 6.93. The molecular weight excluding hydrogens is 466 g/mol. The molecule has 2 aromatic heterocycles. The predicted octanol–water partition coefficient (Wildman–Crippen LogP) is 2.66. The molecule has 1 aliphatic heterocycles. The molecule has 0 unspecified atom stereocenters. The molecule has 9 heteroatoms. The van der Waals surface area contributed by atoms with Gasteiger partial charge in [-0.05, 0) is 43.9 Å². The number of hydrogen-bond donors (Lipinski definition) is 1. The Hall–Kier alpha value is -4.14. The van der Waals surface area contributed by atoms with Crippen LogP contribution >= 0.6 is 0 Å². The van der Waals surface area contributed by atoms with Gasteiger partial charge in [0.2, 0.25) is 11.6 Å². The number of nitrogens with one attached hydrogen (secondary N) is 1. The predicted molar refractivity (Wildman–Crippen MR) is 145 cm³/mol. The summed E-state index contributed by atoms with van der Waals surface area (Å²) in [6.45, 7) is 7.21. The maximum atomic E-state index is 13.0. The zero-order valence-corrected chi connectivity index (χ0v) is 21.4. The summed E-state index contributed by atoms with van der Waals surface area (Å²) in [7, 11) is 0. The molecule has 1 aliphatic rings. The van der Waals surface area contributed by atoms with Gasteiger partial charge >= 0.3 is 5.69 Å². The summed E-state index contributed by atoms with van der Waals surface area (Å²) in [5.74, 6) is 0.437. The van der Waals surface area contributed by atoms with E-state index in [-0.39, 0.29) is 24.2 Å². The van der Waals surface area contributed by atoms with Gasteiger partial charge in [-0.2, -0.15) is 0 Å². The molecular formula is C28H33N7O2. The first kappa shape index (κ1) is 24.5. The number of piperazine rings is 1. The van der Waals surface area contributed by atoms with Gasteiger partial charge in [0.1, 0.15) is 6.54 Å². The van der Waals surface area contributed by atoms with E-state index in [2.05, 4.69) is 68.5 Å². The molecule has 0 radical (unpaired) electrons. The lowest BCUT2D eigenvalue weighted by molar-refractivity contribution is -0.122. The maximum absolute atomic E-state index is 13.0. The van der Waals surface area contributed by atoms with Crippen molar-refractivity contribution in [2.45, 2.75) is 39.3 Å². The van der Waals surface area contributed by atoms with Gasteiger partial charge in [-0.15, -0.1) is 5.10 Å². The molecule has 37 heavy (non-hydrogen) atoms. The lowest BCUT2D eigenvalue weighted by Gasteiger charge is -2.37. The molecule has 2 aromatic carbocycles. The van der Waals surface area contributed by atoms with Crippen molar-refractivity contribution >= 4 is 23.1 Å². The first-order valence-corrected chi connectivity index (χ1v) is 12.8. The Morgan fingerprint density at radius 2 is 1.70 bits per heavy atom.